The number of carbonyl (C=O) groups excluding carboxylic acids is 1. The monoisotopic (exact) mass is 634 g/mol. The molecule has 1 heterocycles. The first-order chi connectivity index (χ1) is 16.9. The maximum atomic E-state index is 13.7. The van der Waals surface area contributed by atoms with Crippen LogP contribution in [-0.4, -0.2) is 49.4 Å². The second-order valence-corrected chi connectivity index (χ2v) is 11.2. The van der Waals surface area contributed by atoms with Crippen LogP contribution in [-0.2, 0) is 23.0 Å². The van der Waals surface area contributed by atoms with Crippen molar-refractivity contribution < 1.29 is 31.5 Å². The molecule has 0 aliphatic rings. The van der Waals surface area contributed by atoms with Crippen molar-refractivity contribution in [3.63, 3.8) is 0 Å². The van der Waals surface area contributed by atoms with Crippen molar-refractivity contribution >= 4 is 44.3 Å². The van der Waals surface area contributed by atoms with Crippen molar-refractivity contribution in [1.29, 1.82) is 0 Å². The SMILES string of the molecule is Cc1oc(C(=O)NC(Cc2cc(F)cc(F)c2)C(O)CNCc2cccc(I)c2)nc1NS(C)(=O)=O. The highest BCUT2D eigenvalue weighted by molar-refractivity contribution is 14.1. The van der Waals surface area contributed by atoms with Gasteiger partial charge in [0, 0.05) is 22.7 Å². The smallest absolute Gasteiger partial charge is 0.307 e. The van der Waals surface area contributed by atoms with Crippen LogP contribution >= 0.6 is 22.6 Å². The molecule has 2 unspecified atom stereocenters. The van der Waals surface area contributed by atoms with Crippen molar-refractivity contribution in [3.05, 3.63) is 80.4 Å². The Morgan fingerprint density at radius 1 is 1.17 bits per heavy atom. The predicted octanol–water partition coefficient (Wildman–Crippen LogP) is 2.73. The van der Waals surface area contributed by atoms with Crippen LogP contribution in [0.25, 0.3) is 0 Å². The van der Waals surface area contributed by atoms with Crippen LogP contribution in [0.1, 0.15) is 27.6 Å². The van der Waals surface area contributed by atoms with Crippen LogP contribution in [0.15, 0.2) is 46.9 Å². The molecular formula is C23H25F2IN4O5S. The topological polar surface area (TPSA) is 134 Å². The number of anilines is 1. The predicted molar refractivity (Wildman–Crippen MR) is 138 cm³/mol. The van der Waals surface area contributed by atoms with Crippen LogP contribution in [0, 0.1) is 22.1 Å². The highest BCUT2D eigenvalue weighted by atomic mass is 127. The molecule has 0 aliphatic heterocycles. The van der Waals surface area contributed by atoms with E-state index >= 15 is 0 Å². The van der Waals surface area contributed by atoms with Gasteiger partial charge >= 0.3 is 5.91 Å². The number of aliphatic hydroxyl groups excluding tert-OH is 1. The maximum absolute atomic E-state index is 13.7. The number of amides is 1. The summed E-state index contributed by atoms with van der Waals surface area (Å²) in [5.74, 6) is -2.94. The Bertz CT molecular complexity index is 1320. The van der Waals surface area contributed by atoms with Crippen molar-refractivity contribution in [2.45, 2.75) is 32.0 Å². The van der Waals surface area contributed by atoms with E-state index in [1.165, 1.54) is 6.92 Å². The minimum absolute atomic E-state index is 0.0553. The van der Waals surface area contributed by atoms with Gasteiger partial charge in [0.15, 0.2) is 5.82 Å². The first-order valence-corrected chi connectivity index (χ1v) is 13.7. The van der Waals surface area contributed by atoms with Gasteiger partial charge in [-0.25, -0.2) is 17.2 Å². The number of oxazole rings is 1. The fourth-order valence-corrected chi connectivity index (χ4v) is 4.56. The Labute approximate surface area is 220 Å². The van der Waals surface area contributed by atoms with Gasteiger partial charge in [-0.2, -0.15) is 4.98 Å². The highest BCUT2D eigenvalue weighted by Crippen LogP contribution is 2.18. The van der Waals surface area contributed by atoms with E-state index in [1.807, 2.05) is 24.3 Å². The van der Waals surface area contributed by atoms with Gasteiger partial charge < -0.3 is 20.2 Å². The lowest BCUT2D eigenvalue weighted by Crippen LogP contribution is -2.48. The molecule has 0 fully saturated rings. The zero-order valence-electron chi connectivity index (χ0n) is 19.4. The molecular weight excluding hydrogens is 609 g/mol. The molecule has 0 saturated carbocycles. The number of nitrogens with zero attached hydrogens (tertiary/aromatic N) is 1. The summed E-state index contributed by atoms with van der Waals surface area (Å²) in [5, 5.41) is 16.5. The van der Waals surface area contributed by atoms with E-state index in [9.17, 15) is 27.1 Å². The fourth-order valence-electron chi connectivity index (χ4n) is 3.41. The molecule has 0 aliphatic carbocycles. The van der Waals surface area contributed by atoms with E-state index in [0.29, 0.717) is 6.54 Å². The van der Waals surface area contributed by atoms with Gasteiger partial charge in [-0.15, -0.1) is 0 Å². The van der Waals surface area contributed by atoms with E-state index in [-0.39, 0.29) is 30.1 Å². The number of nitrogens with one attached hydrogen (secondary N) is 3. The lowest BCUT2D eigenvalue weighted by molar-refractivity contribution is 0.0797. The standard InChI is InChI=1S/C23H25F2IN4O5S/c1-13-21(30-36(2,33)34)29-23(35-13)22(32)28-19(9-15-6-16(24)10-17(25)7-15)20(31)12-27-11-14-4-3-5-18(26)8-14/h3-8,10,19-20,27,30-31H,9,11-12H2,1-2H3,(H,28,32). The quantitative estimate of drug-likeness (QED) is 0.239. The summed E-state index contributed by atoms with van der Waals surface area (Å²) < 4.78 is 58.9. The molecule has 13 heteroatoms. The lowest BCUT2D eigenvalue weighted by atomic mass is 10.0. The number of rotatable bonds is 11. The average Bonchev–Trinajstić information content (AvgIpc) is 3.11. The van der Waals surface area contributed by atoms with Crippen molar-refractivity contribution in [2.24, 2.45) is 0 Å². The molecule has 3 aromatic rings. The minimum atomic E-state index is -3.66. The normalized spacial score (nSPS) is 13.3. The summed E-state index contributed by atoms with van der Waals surface area (Å²) in [7, 11) is -3.66. The Hall–Kier alpha value is -2.62. The number of hydrogen-bond acceptors (Lipinski definition) is 7. The summed E-state index contributed by atoms with van der Waals surface area (Å²) in [5.41, 5.74) is 1.21. The molecule has 4 N–H and O–H groups in total. The molecule has 0 radical (unpaired) electrons. The number of carbonyl (C=O) groups is 1. The number of benzene rings is 2. The molecule has 0 saturated heterocycles. The van der Waals surface area contributed by atoms with Crippen molar-refractivity contribution in [1.82, 2.24) is 15.6 Å². The first kappa shape index (κ1) is 28.0. The Balaban J connectivity index is 1.75. The van der Waals surface area contributed by atoms with Crippen LogP contribution < -0.4 is 15.4 Å². The summed E-state index contributed by atoms with van der Waals surface area (Å²) in [6, 6.07) is 9.70. The summed E-state index contributed by atoms with van der Waals surface area (Å²) in [4.78, 5) is 16.7. The van der Waals surface area contributed by atoms with Crippen LogP contribution in [0.2, 0.25) is 0 Å². The summed E-state index contributed by atoms with van der Waals surface area (Å²) >= 11 is 2.19. The molecule has 3 rings (SSSR count). The number of aryl methyl sites for hydroxylation is 1. The maximum Gasteiger partial charge on any atom is 0.307 e. The zero-order valence-corrected chi connectivity index (χ0v) is 22.4. The number of aliphatic hydroxyl groups is 1. The van der Waals surface area contributed by atoms with E-state index in [2.05, 4.69) is 42.9 Å². The fraction of sp³-hybridized carbons (Fsp3) is 0.304. The van der Waals surface area contributed by atoms with Crippen LogP contribution in [0.4, 0.5) is 14.6 Å². The summed E-state index contributed by atoms with van der Waals surface area (Å²) in [6.07, 6.45) is -0.331. The zero-order chi connectivity index (χ0) is 26.5. The molecule has 1 amide bonds. The van der Waals surface area contributed by atoms with E-state index in [1.54, 1.807) is 0 Å². The van der Waals surface area contributed by atoms with Crippen LogP contribution in [0.3, 0.4) is 0 Å². The average molecular weight is 634 g/mol. The third-order valence-electron chi connectivity index (χ3n) is 5.00. The minimum Gasteiger partial charge on any atom is -0.435 e. The number of hydrogen-bond donors (Lipinski definition) is 4. The second-order valence-electron chi connectivity index (χ2n) is 8.19. The van der Waals surface area contributed by atoms with Crippen molar-refractivity contribution in [2.75, 3.05) is 17.5 Å². The molecule has 194 valence electrons. The van der Waals surface area contributed by atoms with Gasteiger partial charge in [-0.3, -0.25) is 9.52 Å². The highest BCUT2D eigenvalue weighted by Gasteiger charge is 2.26. The second kappa shape index (κ2) is 12.1. The molecule has 9 nitrogen and oxygen atoms in total. The van der Waals surface area contributed by atoms with E-state index in [4.69, 9.17) is 4.42 Å². The van der Waals surface area contributed by atoms with Gasteiger partial charge in [0.2, 0.25) is 10.0 Å². The lowest BCUT2D eigenvalue weighted by Gasteiger charge is -2.24. The van der Waals surface area contributed by atoms with Crippen LogP contribution in [0.5, 0.6) is 0 Å². The Morgan fingerprint density at radius 3 is 2.50 bits per heavy atom. The van der Waals surface area contributed by atoms with Gasteiger partial charge in [-0.1, -0.05) is 12.1 Å². The van der Waals surface area contributed by atoms with Gasteiger partial charge in [0.25, 0.3) is 5.89 Å². The largest absolute Gasteiger partial charge is 0.435 e. The molecule has 2 aromatic carbocycles. The third kappa shape index (κ3) is 8.50. The summed E-state index contributed by atoms with van der Waals surface area (Å²) in [6.45, 7) is 1.93. The number of aromatic nitrogens is 1. The van der Waals surface area contributed by atoms with Gasteiger partial charge in [0.1, 0.15) is 17.4 Å². The number of sulfonamides is 1. The third-order valence-corrected chi connectivity index (χ3v) is 6.24. The molecule has 2 atom stereocenters. The van der Waals surface area contributed by atoms with Gasteiger partial charge in [-0.05, 0) is 71.3 Å². The van der Waals surface area contributed by atoms with Gasteiger partial charge in [0.05, 0.1) is 18.4 Å². The van der Waals surface area contributed by atoms with E-state index < -0.39 is 45.6 Å². The Kier molecular flexibility index (Phi) is 9.38. The number of halogens is 3. The van der Waals surface area contributed by atoms with Crippen molar-refractivity contribution in [3.8, 4) is 0 Å². The Morgan fingerprint density at radius 2 is 1.86 bits per heavy atom. The van der Waals surface area contributed by atoms with E-state index in [0.717, 1.165) is 33.6 Å². The molecule has 0 bridgehead atoms. The molecule has 1 aromatic heterocycles. The first-order valence-electron chi connectivity index (χ1n) is 10.7. The molecule has 0 spiro atoms. The molecule has 36 heavy (non-hydrogen) atoms.